The zero-order chi connectivity index (χ0) is 16.6. The lowest BCUT2D eigenvalue weighted by atomic mass is 10.0. The van der Waals surface area contributed by atoms with Gasteiger partial charge in [0.15, 0.2) is 5.69 Å². The van der Waals surface area contributed by atoms with E-state index < -0.39 is 0 Å². The quantitative estimate of drug-likeness (QED) is 0.718. The first-order valence-electron chi connectivity index (χ1n) is 7.53. The van der Waals surface area contributed by atoms with Gasteiger partial charge in [-0.3, -0.25) is 0 Å². The van der Waals surface area contributed by atoms with Crippen LogP contribution in [0, 0.1) is 39.0 Å². The molecule has 2 aromatic carbocycles. The molecule has 0 saturated carbocycles. The van der Waals surface area contributed by atoms with Crippen LogP contribution in [0.1, 0.15) is 27.9 Å². The molecule has 1 aromatic heterocycles. The van der Waals surface area contributed by atoms with E-state index in [2.05, 4.69) is 62.3 Å². The van der Waals surface area contributed by atoms with Crippen LogP contribution in [0.4, 0.5) is 0 Å². The van der Waals surface area contributed by atoms with E-state index in [1.165, 1.54) is 16.7 Å². The molecule has 0 aliphatic rings. The van der Waals surface area contributed by atoms with Crippen molar-refractivity contribution in [3.63, 3.8) is 0 Å². The second kappa shape index (κ2) is 5.69. The molecule has 0 atom stereocenters. The topological polar surface area (TPSA) is 54.5 Å². The van der Waals surface area contributed by atoms with Gasteiger partial charge in [0.1, 0.15) is 11.8 Å². The van der Waals surface area contributed by atoms with Gasteiger partial charge in [-0.15, -0.1) is 5.10 Å². The first-order valence-corrected chi connectivity index (χ1v) is 7.53. The van der Waals surface area contributed by atoms with Crippen LogP contribution in [0.25, 0.3) is 16.9 Å². The Morgan fingerprint density at radius 1 is 0.957 bits per heavy atom. The Morgan fingerprint density at radius 3 is 2.43 bits per heavy atom. The predicted octanol–water partition coefficient (Wildman–Crippen LogP) is 4.04. The molecule has 3 aromatic rings. The summed E-state index contributed by atoms with van der Waals surface area (Å²) in [7, 11) is 0. The average molecular weight is 302 g/mol. The summed E-state index contributed by atoms with van der Waals surface area (Å²) < 4.78 is 1.77. The lowest BCUT2D eigenvalue weighted by Crippen LogP contribution is -2.03. The highest BCUT2D eigenvalue weighted by molar-refractivity contribution is 5.68. The molecule has 0 bridgehead atoms. The fraction of sp³-hybridized carbons (Fsp3) is 0.211. The summed E-state index contributed by atoms with van der Waals surface area (Å²) in [4.78, 5) is 0. The highest BCUT2D eigenvalue weighted by atomic mass is 15.4. The normalized spacial score (nSPS) is 10.6. The standard InChI is InChI=1S/C19H18N4/c1-12-8-9-16(10-14(12)3)19-17(11-20)21-22-23(19)18-7-5-6-13(2)15(18)4/h5-10H,1-4H3. The van der Waals surface area contributed by atoms with E-state index in [0.29, 0.717) is 5.69 Å². The number of rotatable bonds is 2. The van der Waals surface area contributed by atoms with E-state index in [0.717, 1.165) is 22.5 Å². The number of nitrogens with zero attached hydrogens (tertiary/aromatic N) is 4. The molecule has 23 heavy (non-hydrogen) atoms. The van der Waals surface area contributed by atoms with Gasteiger partial charge in [0.05, 0.1) is 5.69 Å². The second-order valence-corrected chi connectivity index (χ2v) is 5.83. The summed E-state index contributed by atoms with van der Waals surface area (Å²) >= 11 is 0. The van der Waals surface area contributed by atoms with Crippen molar-refractivity contribution in [1.29, 1.82) is 5.26 Å². The molecule has 0 saturated heterocycles. The number of hydrogen-bond donors (Lipinski definition) is 0. The third-order valence-corrected chi connectivity index (χ3v) is 4.36. The van der Waals surface area contributed by atoms with Crippen LogP contribution in [-0.2, 0) is 0 Å². The average Bonchev–Trinajstić information content (AvgIpc) is 2.96. The first kappa shape index (κ1) is 15.0. The van der Waals surface area contributed by atoms with E-state index in [4.69, 9.17) is 0 Å². The molecule has 0 spiro atoms. The van der Waals surface area contributed by atoms with Gasteiger partial charge in [-0.1, -0.05) is 29.5 Å². The van der Waals surface area contributed by atoms with Gasteiger partial charge in [0.2, 0.25) is 0 Å². The minimum absolute atomic E-state index is 0.342. The maximum Gasteiger partial charge on any atom is 0.191 e. The molecule has 4 heteroatoms. The van der Waals surface area contributed by atoms with Crippen LogP contribution in [0.5, 0.6) is 0 Å². The Hall–Kier alpha value is -2.93. The lowest BCUT2D eigenvalue weighted by molar-refractivity contribution is 0.801. The molecule has 0 aliphatic carbocycles. The molecule has 114 valence electrons. The molecule has 0 fully saturated rings. The van der Waals surface area contributed by atoms with Crippen molar-refractivity contribution in [2.45, 2.75) is 27.7 Å². The summed E-state index contributed by atoms with van der Waals surface area (Å²) in [6.45, 7) is 8.26. The van der Waals surface area contributed by atoms with Crippen LogP contribution in [-0.4, -0.2) is 15.0 Å². The van der Waals surface area contributed by atoms with Crippen molar-refractivity contribution >= 4 is 0 Å². The Bertz CT molecular complexity index is 929. The predicted molar refractivity (Wildman–Crippen MR) is 90.5 cm³/mol. The molecular weight excluding hydrogens is 284 g/mol. The fourth-order valence-electron chi connectivity index (χ4n) is 2.64. The molecule has 0 N–H and O–H groups in total. The molecule has 3 rings (SSSR count). The molecule has 0 aliphatic heterocycles. The Balaban J connectivity index is 2.29. The summed E-state index contributed by atoms with van der Waals surface area (Å²) in [5.41, 5.74) is 7.70. The Kier molecular flexibility index (Phi) is 3.71. The van der Waals surface area contributed by atoms with Crippen molar-refractivity contribution in [3.05, 3.63) is 64.3 Å². The molecule has 0 unspecified atom stereocenters. The third-order valence-electron chi connectivity index (χ3n) is 4.36. The second-order valence-electron chi connectivity index (χ2n) is 5.83. The zero-order valence-electron chi connectivity index (χ0n) is 13.8. The van der Waals surface area contributed by atoms with E-state index in [9.17, 15) is 5.26 Å². The number of benzene rings is 2. The van der Waals surface area contributed by atoms with Crippen LogP contribution in [0.2, 0.25) is 0 Å². The van der Waals surface area contributed by atoms with Crippen molar-refractivity contribution < 1.29 is 0 Å². The monoisotopic (exact) mass is 302 g/mol. The van der Waals surface area contributed by atoms with Gasteiger partial charge >= 0.3 is 0 Å². The number of nitriles is 1. The number of hydrogen-bond acceptors (Lipinski definition) is 3. The van der Waals surface area contributed by atoms with Gasteiger partial charge in [0, 0.05) is 5.56 Å². The summed E-state index contributed by atoms with van der Waals surface area (Å²) in [6.07, 6.45) is 0. The van der Waals surface area contributed by atoms with Crippen molar-refractivity contribution in [3.8, 4) is 23.0 Å². The summed E-state index contributed by atoms with van der Waals surface area (Å²) in [5, 5.41) is 17.7. The zero-order valence-corrected chi connectivity index (χ0v) is 13.8. The number of aromatic nitrogens is 3. The van der Waals surface area contributed by atoms with Crippen molar-refractivity contribution in [2.24, 2.45) is 0 Å². The van der Waals surface area contributed by atoms with Crippen molar-refractivity contribution in [1.82, 2.24) is 15.0 Å². The lowest BCUT2D eigenvalue weighted by Gasteiger charge is -2.12. The van der Waals surface area contributed by atoms with E-state index >= 15 is 0 Å². The van der Waals surface area contributed by atoms with Crippen molar-refractivity contribution in [2.75, 3.05) is 0 Å². The highest BCUT2D eigenvalue weighted by Crippen LogP contribution is 2.28. The largest absolute Gasteiger partial charge is 0.211 e. The highest BCUT2D eigenvalue weighted by Gasteiger charge is 2.18. The Morgan fingerprint density at radius 2 is 1.74 bits per heavy atom. The summed E-state index contributed by atoms with van der Waals surface area (Å²) in [6, 6.07) is 14.4. The first-order chi connectivity index (χ1) is 11.0. The van der Waals surface area contributed by atoms with Gasteiger partial charge < -0.3 is 0 Å². The smallest absolute Gasteiger partial charge is 0.191 e. The Labute approximate surface area is 136 Å². The maximum absolute atomic E-state index is 9.42. The van der Waals surface area contributed by atoms with Crippen LogP contribution < -0.4 is 0 Å². The van der Waals surface area contributed by atoms with Gasteiger partial charge in [0.25, 0.3) is 0 Å². The molecule has 0 radical (unpaired) electrons. The van der Waals surface area contributed by atoms with Gasteiger partial charge in [-0.05, 0) is 62.1 Å². The van der Waals surface area contributed by atoms with E-state index in [1.807, 2.05) is 18.2 Å². The van der Waals surface area contributed by atoms with Crippen LogP contribution >= 0.6 is 0 Å². The molecule has 0 amide bonds. The molecular formula is C19H18N4. The van der Waals surface area contributed by atoms with Gasteiger partial charge in [-0.2, -0.15) is 5.26 Å². The minimum Gasteiger partial charge on any atom is -0.211 e. The van der Waals surface area contributed by atoms with E-state index in [-0.39, 0.29) is 0 Å². The fourth-order valence-corrected chi connectivity index (χ4v) is 2.64. The number of aryl methyl sites for hydroxylation is 3. The SMILES string of the molecule is Cc1ccc(-c2c(C#N)nnn2-c2cccc(C)c2C)cc1C. The van der Waals surface area contributed by atoms with Crippen LogP contribution in [0.3, 0.4) is 0 Å². The molecule has 4 nitrogen and oxygen atoms in total. The maximum atomic E-state index is 9.42. The third kappa shape index (κ3) is 2.51. The van der Waals surface area contributed by atoms with Gasteiger partial charge in [-0.25, -0.2) is 4.68 Å². The minimum atomic E-state index is 0.342. The summed E-state index contributed by atoms with van der Waals surface area (Å²) in [5.74, 6) is 0. The van der Waals surface area contributed by atoms with Crippen LogP contribution in [0.15, 0.2) is 36.4 Å². The van der Waals surface area contributed by atoms with E-state index in [1.54, 1.807) is 4.68 Å². The molecule has 1 heterocycles.